The first-order valence-electron chi connectivity index (χ1n) is 6.10. The number of aromatic nitrogens is 1. The van der Waals surface area contributed by atoms with Crippen LogP contribution >= 0.6 is 0 Å². The van der Waals surface area contributed by atoms with E-state index >= 15 is 0 Å². The Morgan fingerprint density at radius 2 is 2.16 bits per heavy atom. The Hall–Kier alpha value is -2.17. The van der Waals surface area contributed by atoms with Crippen LogP contribution in [-0.2, 0) is 4.74 Å². The lowest BCUT2D eigenvalue weighted by Crippen LogP contribution is -2.14. The zero-order valence-electron chi connectivity index (χ0n) is 11.2. The number of fused-ring (bicyclic) bond motifs is 1. The molecule has 0 radical (unpaired) electrons. The number of carbonyl (C=O) groups is 1. The number of aromatic amines is 1. The Kier molecular flexibility index (Phi) is 3.94. The van der Waals surface area contributed by atoms with E-state index in [2.05, 4.69) is 4.98 Å². The van der Waals surface area contributed by atoms with E-state index in [0.29, 0.717) is 18.2 Å². The minimum absolute atomic E-state index is 0.273. The number of hydrogen-bond donors (Lipinski definition) is 1. The molecule has 0 aliphatic rings. The molecule has 1 heterocycles. The number of rotatable bonds is 4. The number of nitrogens with one attached hydrogen (secondary N) is 1. The smallest absolute Gasteiger partial charge is 0.495 e. The van der Waals surface area contributed by atoms with Crippen LogP contribution in [0.15, 0.2) is 24.3 Å². The maximum atomic E-state index is 11.5. The van der Waals surface area contributed by atoms with Gasteiger partial charge >= 0.3 is 6.16 Å². The van der Waals surface area contributed by atoms with Gasteiger partial charge in [-0.25, -0.2) is 4.79 Å². The summed E-state index contributed by atoms with van der Waals surface area (Å²) in [5.41, 5.74) is 0.789. The summed E-state index contributed by atoms with van der Waals surface area (Å²) in [4.78, 5) is 14.4. The Morgan fingerprint density at radius 1 is 1.37 bits per heavy atom. The van der Waals surface area contributed by atoms with E-state index in [1.807, 2.05) is 32.0 Å². The number of hydrogen-bond acceptors (Lipinski definition) is 4. The maximum Gasteiger partial charge on any atom is 0.515 e. The molecule has 5 nitrogen and oxygen atoms in total. The van der Waals surface area contributed by atoms with Crippen molar-refractivity contribution in [3.05, 3.63) is 24.3 Å². The van der Waals surface area contributed by atoms with Gasteiger partial charge in [-0.2, -0.15) is 0 Å². The summed E-state index contributed by atoms with van der Waals surface area (Å²) in [7, 11) is 1.59. The van der Waals surface area contributed by atoms with Crippen LogP contribution in [0, 0.1) is 5.92 Å². The van der Waals surface area contributed by atoms with E-state index in [1.54, 1.807) is 13.2 Å². The molecule has 0 atom stereocenters. The summed E-state index contributed by atoms with van der Waals surface area (Å²) >= 11 is 0. The summed E-state index contributed by atoms with van der Waals surface area (Å²) in [6.07, 6.45) is -0.709. The Balaban J connectivity index is 2.11. The fourth-order valence-electron chi connectivity index (χ4n) is 1.68. The lowest BCUT2D eigenvalue weighted by molar-refractivity contribution is 0.0874. The van der Waals surface area contributed by atoms with Gasteiger partial charge in [0.2, 0.25) is 5.88 Å². The van der Waals surface area contributed by atoms with Crippen molar-refractivity contribution in [2.75, 3.05) is 13.7 Å². The topological polar surface area (TPSA) is 60.6 Å². The minimum Gasteiger partial charge on any atom is -0.495 e. The van der Waals surface area contributed by atoms with Crippen molar-refractivity contribution in [2.24, 2.45) is 5.92 Å². The lowest BCUT2D eigenvalue weighted by Gasteiger charge is -2.06. The average molecular weight is 263 g/mol. The van der Waals surface area contributed by atoms with E-state index in [1.165, 1.54) is 0 Å². The van der Waals surface area contributed by atoms with Gasteiger partial charge in [-0.3, -0.25) is 0 Å². The van der Waals surface area contributed by atoms with Crippen molar-refractivity contribution in [1.29, 1.82) is 0 Å². The first-order valence-corrected chi connectivity index (χ1v) is 6.10. The van der Waals surface area contributed by atoms with Crippen molar-refractivity contribution in [3.63, 3.8) is 0 Å². The highest BCUT2D eigenvalue weighted by Gasteiger charge is 2.11. The fraction of sp³-hybridized carbons (Fsp3) is 0.357. The highest BCUT2D eigenvalue weighted by atomic mass is 16.7. The normalized spacial score (nSPS) is 10.7. The van der Waals surface area contributed by atoms with Gasteiger partial charge in [0, 0.05) is 11.5 Å². The van der Waals surface area contributed by atoms with E-state index < -0.39 is 6.16 Å². The Labute approximate surface area is 111 Å². The summed E-state index contributed by atoms with van der Waals surface area (Å²) < 4.78 is 15.2. The maximum absolute atomic E-state index is 11.5. The molecule has 2 rings (SSSR count). The van der Waals surface area contributed by atoms with E-state index in [9.17, 15) is 4.79 Å². The van der Waals surface area contributed by atoms with Crippen molar-refractivity contribution in [3.8, 4) is 11.6 Å². The molecule has 1 aromatic carbocycles. The molecule has 0 saturated heterocycles. The predicted octanol–water partition coefficient (Wildman–Crippen LogP) is 3.35. The van der Waals surface area contributed by atoms with Crippen molar-refractivity contribution >= 4 is 17.1 Å². The number of carbonyl (C=O) groups excluding carboxylic acids is 1. The molecule has 0 spiro atoms. The van der Waals surface area contributed by atoms with Gasteiger partial charge in [0.1, 0.15) is 5.75 Å². The van der Waals surface area contributed by atoms with Crippen LogP contribution < -0.4 is 9.47 Å². The first kappa shape index (κ1) is 13.3. The number of ether oxygens (including phenoxy) is 3. The third-order valence-electron chi connectivity index (χ3n) is 2.54. The zero-order valence-corrected chi connectivity index (χ0v) is 11.2. The summed E-state index contributed by atoms with van der Waals surface area (Å²) in [5, 5.41) is 0.908. The second-order valence-corrected chi connectivity index (χ2v) is 4.62. The molecular formula is C14H17NO4. The van der Waals surface area contributed by atoms with Crippen molar-refractivity contribution < 1.29 is 19.0 Å². The molecule has 1 N–H and O–H groups in total. The number of benzene rings is 1. The summed E-state index contributed by atoms with van der Waals surface area (Å²) in [6, 6.07) is 7.34. The molecule has 0 amide bonds. The molecule has 2 aromatic rings. The first-order chi connectivity index (χ1) is 9.10. The molecule has 0 saturated carbocycles. The van der Waals surface area contributed by atoms with Crippen molar-refractivity contribution in [2.45, 2.75) is 13.8 Å². The Morgan fingerprint density at radius 3 is 2.84 bits per heavy atom. The van der Waals surface area contributed by atoms with Crippen LogP contribution in [0.25, 0.3) is 10.9 Å². The third-order valence-corrected chi connectivity index (χ3v) is 2.54. The van der Waals surface area contributed by atoms with Crippen LogP contribution in [0.2, 0.25) is 0 Å². The molecular weight excluding hydrogens is 246 g/mol. The van der Waals surface area contributed by atoms with Gasteiger partial charge in [-0.05, 0) is 12.0 Å². The molecule has 0 aliphatic carbocycles. The van der Waals surface area contributed by atoms with Gasteiger partial charge in [-0.1, -0.05) is 26.0 Å². The molecule has 102 valence electrons. The van der Waals surface area contributed by atoms with E-state index in [0.717, 1.165) is 10.9 Å². The van der Waals surface area contributed by atoms with Crippen LogP contribution in [-0.4, -0.2) is 24.9 Å². The number of methoxy groups -OCH3 is 1. The van der Waals surface area contributed by atoms with Crippen LogP contribution in [0.4, 0.5) is 4.79 Å². The largest absolute Gasteiger partial charge is 0.515 e. The van der Waals surface area contributed by atoms with Crippen LogP contribution in [0.5, 0.6) is 11.6 Å². The van der Waals surface area contributed by atoms with Crippen LogP contribution in [0.3, 0.4) is 0 Å². The molecule has 5 heteroatoms. The number of para-hydroxylation sites is 1. The lowest BCUT2D eigenvalue weighted by atomic mass is 10.2. The van der Waals surface area contributed by atoms with E-state index in [-0.39, 0.29) is 5.92 Å². The second-order valence-electron chi connectivity index (χ2n) is 4.62. The Bertz CT molecular complexity index is 574. The molecule has 0 unspecified atom stereocenters. The van der Waals surface area contributed by atoms with E-state index in [4.69, 9.17) is 14.2 Å². The predicted molar refractivity (Wildman–Crippen MR) is 71.7 cm³/mol. The number of H-pyrrole nitrogens is 1. The third kappa shape index (κ3) is 3.19. The van der Waals surface area contributed by atoms with Crippen LogP contribution in [0.1, 0.15) is 13.8 Å². The average Bonchev–Trinajstić information content (AvgIpc) is 2.78. The minimum atomic E-state index is -0.709. The fourth-order valence-corrected chi connectivity index (χ4v) is 1.68. The monoisotopic (exact) mass is 263 g/mol. The van der Waals surface area contributed by atoms with Gasteiger partial charge in [0.25, 0.3) is 0 Å². The standard InChI is InChI=1S/C14H17NO4/c1-9(2)8-18-14(16)19-12-7-10-5-4-6-11(17-3)13(10)15-12/h4-7,9,15H,8H2,1-3H3. The quantitative estimate of drug-likeness (QED) is 0.859. The van der Waals surface area contributed by atoms with Gasteiger partial charge in [0.05, 0.1) is 19.2 Å². The summed E-state index contributed by atoms with van der Waals surface area (Å²) in [5.74, 6) is 1.31. The zero-order chi connectivity index (χ0) is 13.8. The van der Waals surface area contributed by atoms with Gasteiger partial charge in [0.15, 0.2) is 0 Å². The molecule has 1 aromatic heterocycles. The highest BCUT2D eigenvalue weighted by molar-refractivity contribution is 5.87. The molecule has 0 fully saturated rings. The molecule has 0 bridgehead atoms. The molecule has 0 aliphatic heterocycles. The van der Waals surface area contributed by atoms with Gasteiger partial charge < -0.3 is 19.2 Å². The second kappa shape index (κ2) is 5.65. The SMILES string of the molecule is COc1cccc2cc(OC(=O)OCC(C)C)[nH]c12. The highest BCUT2D eigenvalue weighted by Crippen LogP contribution is 2.28. The van der Waals surface area contributed by atoms with Gasteiger partial charge in [-0.15, -0.1) is 0 Å². The molecule has 19 heavy (non-hydrogen) atoms. The summed E-state index contributed by atoms with van der Waals surface area (Å²) in [6.45, 7) is 4.25. The van der Waals surface area contributed by atoms with Crippen molar-refractivity contribution in [1.82, 2.24) is 4.98 Å².